The maximum absolute atomic E-state index is 10.4. The van der Waals surface area contributed by atoms with Crippen LogP contribution in [0.15, 0.2) is 0 Å². The van der Waals surface area contributed by atoms with Gasteiger partial charge in [0.1, 0.15) is 5.37 Å². The molecule has 0 aromatic rings. The van der Waals surface area contributed by atoms with Crippen LogP contribution in [-0.2, 0) is 10.1 Å². The summed E-state index contributed by atoms with van der Waals surface area (Å²) >= 11 is 3.88. The summed E-state index contributed by atoms with van der Waals surface area (Å²) in [5.74, 6) is 0. The smallest absolute Gasteiger partial charge is 0.282 e. The number of hydrogen-bond donors (Lipinski definition) is 3. The number of rotatable bonds is 2. The highest BCUT2D eigenvalue weighted by atomic mass is 32.2. The quantitative estimate of drug-likeness (QED) is 0.413. The zero-order valence-electron chi connectivity index (χ0n) is 5.77. The van der Waals surface area contributed by atoms with Crippen LogP contribution in [0.5, 0.6) is 0 Å². The lowest BCUT2D eigenvalue weighted by Crippen LogP contribution is -2.44. The Morgan fingerprint density at radius 3 is 1.90 bits per heavy atom. The second-order valence-corrected chi connectivity index (χ2v) is 5.28. The Labute approximate surface area is 66.0 Å². The summed E-state index contributed by atoms with van der Waals surface area (Å²) in [6.45, 7) is 3.02. The SMILES string of the molecule is CC(C)(S)[C@H](N)S(=O)(=O)O. The van der Waals surface area contributed by atoms with Crippen LogP contribution in [0.25, 0.3) is 0 Å². The first-order valence-electron chi connectivity index (χ1n) is 2.60. The highest BCUT2D eigenvalue weighted by Crippen LogP contribution is 2.18. The summed E-state index contributed by atoms with van der Waals surface area (Å²) in [4.78, 5) is 0. The van der Waals surface area contributed by atoms with E-state index in [0.717, 1.165) is 0 Å². The van der Waals surface area contributed by atoms with E-state index >= 15 is 0 Å². The molecule has 1 atom stereocenters. The van der Waals surface area contributed by atoms with Crippen LogP contribution in [-0.4, -0.2) is 23.1 Å². The van der Waals surface area contributed by atoms with Crippen molar-refractivity contribution in [2.24, 2.45) is 5.73 Å². The van der Waals surface area contributed by atoms with Crippen molar-refractivity contribution in [1.82, 2.24) is 0 Å². The molecule has 0 unspecified atom stereocenters. The van der Waals surface area contributed by atoms with Gasteiger partial charge in [0.25, 0.3) is 10.1 Å². The van der Waals surface area contributed by atoms with Gasteiger partial charge in [0, 0.05) is 4.75 Å². The van der Waals surface area contributed by atoms with Gasteiger partial charge in [0.2, 0.25) is 0 Å². The minimum atomic E-state index is -4.16. The summed E-state index contributed by atoms with van der Waals surface area (Å²) in [6, 6.07) is 0. The van der Waals surface area contributed by atoms with Crippen LogP contribution < -0.4 is 5.73 Å². The van der Waals surface area contributed by atoms with Gasteiger partial charge < -0.3 is 5.73 Å². The lowest BCUT2D eigenvalue weighted by Gasteiger charge is -2.22. The predicted molar refractivity (Wildman–Crippen MR) is 42.6 cm³/mol. The van der Waals surface area contributed by atoms with Crippen LogP contribution in [0, 0.1) is 0 Å². The molecule has 0 aromatic heterocycles. The molecule has 0 bridgehead atoms. The Balaban J connectivity index is 4.56. The maximum atomic E-state index is 10.4. The first kappa shape index (κ1) is 10.2. The predicted octanol–water partition coefficient (Wildman–Crippen LogP) is -0.133. The van der Waals surface area contributed by atoms with Crippen molar-refractivity contribution >= 4 is 22.7 Å². The van der Waals surface area contributed by atoms with Crippen molar-refractivity contribution < 1.29 is 13.0 Å². The van der Waals surface area contributed by atoms with E-state index < -0.39 is 20.2 Å². The van der Waals surface area contributed by atoms with Crippen molar-refractivity contribution in [2.45, 2.75) is 24.0 Å². The largest absolute Gasteiger partial charge is 0.312 e. The molecule has 0 saturated carbocycles. The molecule has 0 saturated heterocycles. The van der Waals surface area contributed by atoms with Crippen molar-refractivity contribution in [3.05, 3.63) is 0 Å². The fourth-order valence-corrected chi connectivity index (χ4v) is 1.49. The molecule has 0 radical (unpaired) electrons. The lowest BCUT2D eigenvalue weighted by atomic mass is 10.2. The van der Waals surface area contributed by atoms with Crippen LogP contribution in [0.2, 0.25) is 0 Å². The molecule has 0 aromatic carbocycles. The summed E-state index contributed by atoms with van der Waals surface area (Å²) in [7, 11) is -4.16. The van der Waals surface area contributed by atoms with E-state index in [1.165, 1.54) is 13.8 Å². The van der Waals surface area contributed by atoms with Crippen LogP contribution in [0.1, 0.15) is 13.8 Å². The Morgan fingerprint density at radius 2 is 1.90 bits per heavy atom. The molecular formula is C4H11NO3S2. The molecule has 0 spiro atoms. The van der Waals surface area contributed by atoms with Gasteiger partial charge in [0.05, 0.1) is 0 Å². The first-order valence-corrected chi connectivity index (χ1v) is 4.55. The van der Waals surface area contributed by atoms with E-state index in [2.05, 4.69) is 12.6 Å². The van der Waals surface area contributed by atoms with E-state index in [1.807, 2.05) is 0 Å². The monoisotopic (exact) mass is 185 g/mol. The van der Waals surface area contributed by atoms with E-state index in [1.54, 1.807) is 0 Å². The van der Waals surface area contributed by atoms with Crippen molar-refractivity contribution in [2.75, 3.05) is 0 Å². The highest BCUT2D eigenvalue weighted by Gasteiger charge is 2.32. The zero-order valence-corrected chi connectivity index (χ0v) is 7.48. The Bertz CT molecular complexity index is 203. The summed E-state index contributed by atoms with van der Waals surface area (Å²) in [5, 5.41) is -1.34. The molecule has 3 N–H and O–H groups in total. The molecule has 0 aliphatic carbocycles. The fraction of sp³-hybridized carbons (Fsp3) is 1.00. The Morgan fingerprint density at radius 1 is 1.60 bits per heavy atom. The Hall–Kier alpha value is 0.220. The van der Waals surface area contributed by atoms with Crippen molar-refractivity contribution in [3.8, 4) is 0 Å². The molecule has 0 heterocycles. The van der Waals surface area contributed by atoms with Gasteiger partial charge in [-0.05, 0) is 13.8 Å². The topological polar surface area (TPSA) is 80.4 Å². The zero-order chi connectivity index (χ0) is 8.58. The van der Waals surface area contributed by atoms with Crippen molar-refractivity contribution in [3.63, 3.8) is 0 Å². The molecular weight excluding hydrogens is 174 g/mol. The molecule has 0 aliphatic heterocycles. The van der Waals surface area contributed by atoms with Gasteiger partial charge in [-0.15, -0.1) is 0 Å². The molecule has 0 rings (SSSR count). The van der Waals surface area contributed by atoms with Gasteiger partial charge in [-0.1, -0.05) is 0 Å². The minimum absolute atomic E-state index is 0.923. The molecule has 0 fully saturated rings. The summed E-state index contributed by atoms with van der Waals surface area (Å²) in [5.41, 5.74) is 5.11. The third kappa shape index (κ3) is 2.87. The maximum Gasteiger partial charge on any atom is 0.282 e. The van der Waals surface area contributed by atoms with E-state index in [-0.39, 0.29) is 0 Å². The number of hydrogen-bond acceptors (Lipinski definition) is 4. The minimum Gasteiger partial charge on any atom is -0.312 e. The molecule has 0 aliphatic rings. The van der Waals surface area contributed by atoms with Crippen LogP contribution in [0.3, 0.4) is 0 Å². The van der Waals surface area contributed by atoms with E-state index in [4.69, 9.17) is 10.3 Å². The van der Waals surface area contributed by atoms with Gasteiger partial charge in [-0.2, -0.15) is 21.0 Å². The number of thiol groups is 1. The molecule has 0 amide bonds. The molecule has 6 heteroatoms. The van der Waals surface area contributed by atoms with Gasteiger partial charge in [-0.25, -0.2) is 0 Å². The number of nitrogens with two attached hydrogens (primary N) is 1. The third-order valence-corrected chi connectivity index (χ3v) is 2.70. The molecule has 4 nitrogen and oxygen atoms in total. The highest BCUT2D eigenvalue weighted by molar-refractivity contribution is 7.89. The average Bonchev–Trinajstić information content (AvgIpc) is 1.59. The standard InChI is InChI=1S/C4H11NO3S2/c1-4(2,9)3(5)10(6,7)8/h3,9H,5H2,1-2H3,(H,6,7,8)/t3-/m1/s1. The van der Waals surface area contributed by atoms with Crippen LogP contribution >= 0.6 is 12.6 Å². The lowest BCUT2D eigenvalue weighted by molar-refractivity contribution is 0.454. The van der Waals surface area contributed by atoms with Crippen molar-refractivity contribution in [1.29, 1.82) is 0 Å². The van der Waals surface area contributed by atoms with Crippen LogP contribution in [0.4, 0.5) is 0 Å². The molecule has 10 heavy (non-hydrogen) atoms. The third-order valence-electron chi connectivity index (χ3n) is 1.02. The average molecular weight is 185 g/mol. The Kier molecular flexibility index (Phi) is 2.75. The summed E-state index contributed by atoms with van der Waals surface area (Å²) in [6.07, 6.45) is 0. The first-order chi connectivity index (χ1) is 4.15. The normalized spacial score (nSPS) is 16.9. The summed E-state index contributed by atoms with van der Waals surface area (Å²) < 4.78 is 28.2. The van der Waals surface area contributed by atoms with E-state index in [0.29, 0.717) is 0 Å². The van der Waals surface area contributed by atoms with Gasteiger partial charge >= 0.3 is 0 Å². The van der Waals surface area contributed by atoms with Gasteiger partial charge in [-0.3, -0.25) is 4.55 Å². The molecule has 62 valence electrons. The fourth-order valence-electron chi connectivity index (χ4n) is 0.364. The van der Waals surface area contributed by atoms with E-state index in [9.17, 15) is 8.42 Å². The second kappa shape index (κ2) is 2.69. The second-order valence-electron chi connectivity index (χ2n) is 2.59. The van der Waals surface area contributed by atoms with Gasteiger partial charge in [0.15, 0.2) is 0 Å².